The van der Waals surface area contributed by atoms with Gasteiger partial charge in [0, 0.05) is 11.6 Å². The molecule has 0 atom stereocenters. The molecule has 98 valence electrons. The molecule has 3 N–H and O–H groups in total. The van der Waals surface area contributed by atoms with Crippen molar-refractivity contribution in [2.24, 2.45) is 0 Å². The summed E-state index contributed by atoms with van der Waals surface area (Å²) in [6, 6.07) is 7.30. The summed E-state index contributed by atoms with van der Waals surface area (Å²) in [5.74, 6) is 0.0321. The third-order valence-electron chi connectivity index (χ3n) is 2.39. The van der Waals surface area contributed by atoms with Crippen molar-refractivity contribution in [2.75, 3.05) is 11.1 Å². The Balaban J connectivity index is 2.11. The molecule has 7 nitrogen and oxygen atoms in total. The molecule has 2 aromatic rings. The van der Waals surface area contributed by atoms with E-state index in [4.69, 9.17) is 17.3 Å². The van der Waals surface area contributed by atoms with Crippen LogP contribution in [0.5, 0.6) is 0 Å². The number of hydrogen-bond acceptors (Lipinski definition) is 6. The standard InChI is InChI=1S/C11H10ClN5O2/c12-8-4-2-1-3-7(8)5-14-11-15-6-9(17(18)19)10(13)16-11/h1-4,6H,5H2,(H3,13,14,15,16). The number of rotatable bonds is 4. The van der Waals surface area contributed by atoms with Crippen LogP contribution in [0, 0.1) is 10.1 Å². The summed E-state index contributed by atoms with van der Waals surface area (Å²) in [5, 5.41) is 14.1. The van der Waals surface area contributed by atoms with E-state index >= 15 is 0 Å². The quantitative estimate of drug-likeness (QED) is 0.656. The van der Waals surface area contributed by atoms with E-state index in [1.54, 1.807) is 6.07 Å². The number of hydrogen-bond donors (Lipinski definition) is 2. The molecule has 0 bridgehead atoms. The van der Waals surface area contributed by atoms with Crippen molar-refractivity contribution in [2.45, 2.75) is 6.54 Å². The molecule has 0 fully saturated rings. The highest BCUT2D eigenvalue weighted by Crippen LogP contribution is 2.19. The molecule has 0 saturated heterocycles. The second-order valence-corrected chi connectivity index (χ2v) is 4.07. The lowest BCUT2D eigenvalue weighted by Crippen LogP contribution is -2.07. The van der Waals surface area contributed by atoms with Gasteiger partial charge >= 0.3 is 5.69 Å². The fourth-order valence-electron chi connectivity index (χ4n) is 1.43. The van der Waals surface area contributed by atoms with Gasteiger partial charge in [-0.15, -0.1) is 0 Å². The molecule has 1 aromatic carbocycles. The molecule has 8 heteroatoms. The predicted octanol–water partition coefficient (Wildman–Crippen LogP) is 2.23. The van der Waals surface area contributed by atoms with Gasteiger partial charge in [0.1, 0.15) is 6.20 Å². The number of aromatic nitrogens is 2. The zero-order chi connectivity index (χ0) is 13.8. The van der Waals surface area contributed by atoms with Crippen LogP contribution in [0.1, 0.15) is 5.56 Å². The lowest BCUT2D eigenvalue weighted by molar-refractivity contribution is -0.384. The first-order chi connectivity index (χ1) is 9.08. The first-order valence-electron chi connectivity index (χ1n) is 5.32. The number of anilines is 2. The first kappa shape index (κ1) is 13.0. The van der Waals surface area contributed by atoms with Crippen molar-refractivity contribution in [1.82, 2.24) is 9.97 Å². The maximum Gasteiger partial charge on any atom is 0.329 e. The van der Waals surface area contributed by atoms with Gasteiger partial charge in [-0.25, -0.2) is 4.98 Å². The minimum atomic E-state index is -0.632. The average Bonchev–Trinajstić information content (AvgIpc) is 2.37. The normalized spacial score (nSPS) is 10.2. The fourth-order valence-corrected chi connectivity index (χ4v) is 1.63. The first-order valence-corrected chi connectivity index (χ1v) is 5.70. The minimum absolute atomic E-state index is 0.179. The van der Waals surface area contributed by atoms with Crippen LogP contribution in [-0.2, 0) is 6.54 Å². The molecule has 0 spiro atoms. The number of benzene rings is 1. The Hall–Kier alpha value is -2.41. The maximum absolute atomic E-state index is 10.6. The van der Waals surface area contributed by atoms with Crippen molar-refractivity contribution < 1.29 is 4.92 Å². The summed E-state index contributed by atoms with van der Waals surface area (Å²) >= 11 is 5.99. The number of halogens is 1. The van der Waals surface area contributed by atoms with E-state index in [-0.39, 0.29) is 17.5 Å². The highest BCUT2D eigenvalue weighted by molar-refractivity contribution is 6.31. The Morgan fingerprint density at radius 3 is 2.79 bits per heavy atom. The molecule has 1 aromatic heterocycles. The highest BCUT2D eigenvalue weighted by Gasteiger charge is 2.14. The Morgan fingerprint density at radius 2 is 2.16 bits per heavy atom. The number of nitro groups is 1. The van der Waals surface area contributed by atoms with Gasteiger partial charge in [0.2, 0.25) is 11.8 Å². The van der Waals surface area contributed by atoms with Gasteiger partial charge in [0.25, 0.3) is 0 Å². The van der Waals surface area contributed by atoms with E-state index in [1.165, 1.54) is 0 Å². The second kappa shape index (κ2) is 5.49. The van der Waals surface area contributed by atoms with Crippen molar-refractivity contribution in [1.29, 1.82) is 0 Å². The molecule has 0 aliphatic heterocycles. The van der Waals surface area contributed by atoms with Crippen LogP contribution in [0.4, 0.5) is 17.5 Å². The number of nitrogen functional groups attached to an aromatic ring is 1. The van der Waals surface area contributed by atoms with Crippen molar-refractivity contribution in [3.05, 3.63) is 51.2 Å². The maximum atomic E-state index is 10.6. The van der Waals surface area contributed by atoms with E-state index < -0.39 is 4.92 Å². The molecule has 0 unspecified atom stereocenters. The van der Waals surface area contributed by atoms with Crippen molar-refractivity contribution >= 4 is 29.1 Å². The molecule has 2 rings (SSSR count). The van der Waals surface area contributed by atoms with Crippen LogP contribution in [0.2, 0.25) is 5.02 Å². The molecule has 0 amide bonds. The van der Waals surface area contributed by atoms with Crippen LogP contribution in [0.15, 0.2) is 30.5 Å². The Labute approximate surface area is 113 Å². The Bertz CT molecular complexity index is 620. The zero-order valence-electron chi connectivity index (χ0n) is 9.71. The van der Waals surface area contributed by atoms with Gasteiger partial charge in [-0.3, -0.25) is 10.1 Å². The molecular formula is C11H10ClN5O2. The van der Waals surface area contributed by atoms with Gasteiger partial charge in [0.15, 0.2) is 0 Å². The lowest BCUT2D eigenvalue weighted by Gasteiger charge is -2.06. The van der Waals surface area contributed by atoms with Crippen LogP contribution in [0.25, 0.3) is 0 Å². The summed E-state index contributed by atoms with van der Waals surface area (Å²) in [7, 11) is 0. The zero-order valence-corrected chi connectivity index (χ0v) is 10.5. The van der Waals surface area contributed by atoms with Crippen LogP contribution in [-0.4, -0.2) is 14.9 Å². The molecule has 0 aliphatic rings. The van der Waals surface area contributed by atoms with Gasteiger partial charge < -0.3 is 11.1 Å². The summed E-state index contributed by atoms with van der Waals surface area (Å²) in [4.78, 5) is 17.6. The monoisotopic (exact) mass is 279 g/mol. The van der Waals surface area contributed by atoms with E-state index in [0.717, 1.165) is 11.8 Å². The Morgan fingerprint density at radius 1 is 1.42 bits per heavy atom. The van der Waals surface area contributed by atoms with Crippen LogP contribution in [0.3, 0.4) is 0 Å². The number of nitrogens with one attached hydrogen (secondary N) is 1. The van der Waals surface area contributed by atoms with E-state index in [2.05, 4.69) is 15.3 Å². The van der Waals surface area contributed by atoms with Gasteiger partial charge in [0.05, 0.1) is 4.92 Å². The van der Waals surface area contributed by atoms with E-state index in [9.17, 15) is 10.1 Å². The predicted molar refractivity (Wildman–Crippen MR) is 71.9 cm³/mol. The molecule has 0 radical (unpaired) electrons. The number of nitrogens with zero attached hydrogens (tertiary/aromatic N) is 3. The topological polar surface area (TPSA) is 107 Å². The fraction of sp³-hybridized carbons (Fsp3) is 0.0909. The van der Waals surface area contributed by atoms with Crippen LogP contribution < -0.4 is 11.1 Å². The SMILES string of the molecule is Nc1nc(NCc2ccccc2Cl)ncc1[N+](=O)[O-]. The second-order valence-electron chi connectivity index (χ2n) is 3.67. The average molecular weight is 280 g/mol. The van der Waals surface area contributed by atoms with Crippen LogP contribution >= 0.6 is 11.6 Å². The van der Waals surface area contributed by atoms with Crippen molar-refractivity contribution in [3.63, 3.8) is 0 Å². The molecule has 1 heterocycles. The Kier molecular flexibility index (Phi) is 3.76. The largest absolute Gasteiger partial charge is 0.378 e. The summed E-state index contributed by atoms with van der Waals surface area (Å²) < 4.78 is 0. The summed E-state index contributed by atoms with van der Waals surface area (Å²) in [6.07, 6.45) is 1.07. The van der Waals surface area contributed by atoms with Gasteiger partial charge in [-0.1, -0.05) is 29.8 Å². The van der Waals surface area contributed by atoms with Gasteiger partial charge in [-0.05, 0) is 11.6 Å². The van der Waals surface area contributed by atoms with E-state index in [0.29, 0.717) is 11.6 Å². The molecular weight excluding hydrogens is 270 g/mol. The molecule has 19 heavy (non-hydrogen) atoms. The number of nitrogens with two attached hydrogens (primary N) is 1. The molecule has 0 saturated carbocycles. The van der Waals surface area contributed by atoms with E-state index in [1.807, 2.05) is 18.2 Å². The smallest absolute Gasteiger partial charge is 0.329 e. The van der Waals surface area contributed by atoms with Crippen molar-refractivity contribution in [3.8, 4) is 0 Å². The third kappa shape index (κ3) is 3.08. The minimum Gasteiger partial charge on any atom is -0.378 e. The van der Waals surface area contributed by atoms with Gasteiger partial charge in [-0.2, -0.15) is 4.98 Å². The lowest BCUT2D eigenvalue weighted by atomic mass is 10.2. The molecule has 0 aliphatic carbocycles. The summed E-state index contributed by atoms with van der Waals surface area (Å²) in [6.45, 7) is 0.400. The highest BCUT2D eigenvalue weighted by atomic mass is 35.5. The summed E-state index contributed by atoms with van der Waals surface area (Å²) in [5.41, 5.74) is 6.01. The third-order valence-corrected chi connectivity index (χ3v) is 2.76.